The van der Waals surface area contributed by atoms with E-state index in [0.717, 1.165) is 36.1 Å². The normalized spacial score (nSPS) is 30.9. The van der Waals surface area contributed by atoms with Crippen LogP contribution in [0.3, 0.4) is 0 Å². The third kappa shape index (κ3) is 4.41. The zero-order valence-corrected chi connectivity index (χ0v) is 25.0. The molecule has 3 aliphatic carbocycles. The van der Waals surface area contributed by atoms with Gasteiger partial charge in [0, 0.05) is 42.2 Å². The number of aromatic nitrogens is 2. The van der Waals surface area contributed by atoms with Gasteiger partial charge in [-0.05, 0) is 68.7 Å². The summed E-state index contributed by atoms with van der Waals surface area (Å²) < 4.78 is 37.2. The van der Waals surface area contributed by atoms with E-state index >= 15 is 4.39 Å². The van der Waals surface area contributed by atoms with Gasteiger partial charge < -0.3 is 14.5 Å². The van der Waals surface area contributed by atoms with Crippen molar-refractivity contribution in [3.8, 4) is 12.1 Å². The average Bonchev–Trinajstić information content (AvgIpc) is 3.62. The summed E-state index contributed by atoms with van der Waals surface area (Å²) in [4.78, 5) is 27.8. The Bertz CT molecular complexity index is 1540. The first-order valence-electron chi connectivity index (χ1n) is 15.1. The van der Waals surface area contributed by atoms with E-state index in [1.807, 2.05) is 23.1 Å². The zero-order valence-electron chi connectivity index (χ0n) is 24.3. The monoisotopic (exact) mass is 608 g/mol. The molecule has 4 heterocycles. The number of ether oxygens (including phenoxy) is 1. The third-order valence-corrected chi connectivity index (χ3v) is 11.1. The lowest BCUT2D eigenvalue weighted by molar-refractivity contribution is -0.131. The van der Waals surface area contributed by atoms with E-state index in [1.54, 1.807) is 0 Å². The van der Waals surface area contributed by atoms with Crippen LogP contribution in [0.15, 0.2) is 30.6 Å². The summed E-state index contributed by atoms with van der Waals surface area (Å²) in [6.45, 7) is 5.42. The Labute approximate surface area is 255 Å². The van der Waals surface area contributed by atoms with Crippen LogP contribution in [0.4, 0.5) is 14.6 Å². The lowest BCUT2D eigenvalue weighted by atomic mass is 9.68. The molecule has 4 fully saturated rings. The topological polar surface area (TPSA) is 85.6 Å². The van der Waals surface area contributed by atoms with E-state index in [2.05, 4.69) is 24.6 Å². The van der Waals surface area contributed by atoms with E-state index in [4.69, 9.17) is 26.3 Å². The van der Waals surface area contributed by atoms with E-state index in [9.17, 15) is 14.4 Å². The predicted octanol–water partition coefficient (Wildman–Crippen LogP) is 4.86. The van der Waals surface area contributed by atoms with Crippen LogP contribution in [-0.2, 0) is 23.1 Å². The van der Waals surface area contributed by atoms with E-state index in [0.29, 0.717) is 61.3 Å². The highest BCUT2D eigenvalue weighted by Gasteiger charge is 2.55. The van der Waals surface area contributed by atoms with Crippen LogP contribution in [-0.4, -0.2) is 77.1 Å². The summed E-state index contributed by atoms with van der Waals surface area (Å²) in [6, 6.07) is 7.45. The number of alkyl halides is 1. The van der Waals surface area contributed by atoms with Crippen molar-refractivity contribution < 1.29 is 18.3 Å². The SMILES string of the molecule is C=C(F)C(=O)N1CCN(c2nc(OCC34CC(CN3C)C4)nc3c2CC[C@@]2(CCc4c(Cl)cccc42)[C@@H]3F)C[C@@H]1CC#N. The van der Waals surface area contributed by atoms with Crippen molar-refractivity contribution >= 4 is 23.3 Å². The van der Waals surface area contributed by atoms with Crippen molar-refractivity contribution in [1.82, 2.24) is 19.8 Å². The number of nitriles is 1. The highest BCUT2D eigenvalue weighted by Crippen LogP contribution is 2.57. The predicted molar refractivity (Wildman–Crippen MR) is 157 cm³/mol. The highest BCUT2D eigenvalue weighted by molar-refractivity contribution is 6.31. The van der Waals surface area contributed by atoms with Gasteiger partial charge in [-0.2, -0.15) is 15.2 Å². The fourth-order valence-corrected chi connectivity index (χ4v) is 8.75. The molecule has 226 valence electrons. The molecule has 8 rings (SSSR count). The van der Waals surface area contributed by atoms with Crippen LogP contribution in [0.2, 0.25) is 5.02 Å². The Hall–Kier alpha value is -3.29. The molecule has 3 saturated heterocycles. The van der Waals surface area contributed by atoms with E-state index in [1.165, 1.54) is 4.90 Å². The molecule has 0 N–H and O–H groups in total. The molecular weight excluding hydrogens is 574 g/mol. The summed E-state index contributed by atoms with van der Waals surface area (Å²) in [6.07, 6.45) is 3.29. The van der Waals surface area contributed by atoms with Gasteiger partial charge in [-0.25, -0.2) is 8.78 Å². The Balaban J connectivity index is 1.25. The average molecular weight is 609 g/mol. The van der Waals surface area contributed by atoms with E-state index < -0.39 is 29.4 Å². The molecule has 1 aromatic heterocycles. The zero-order chi connectivity index (χ0) is 30.1. The summed E-state index contributed by atoms with van der Waals surface area (Å²) in [5, 5.41) is 10.2. The van der Waals surface area contributed by atoms with Crippen molar-refractivity contribution in [1.29, 1.82) is 5.26 Å². The molecular formula is C32H35ClF2N6O2. The number of halogens is 3. The summed E-state index contributed by atoms with van der Waals surface area (Å²) >= 11 is 6.54. The second-order valence-electron chi connectivity index (χ2n) is 13.0. The van der Waals surface area contributed by atoms with Gasteiger partial charge in [0.25, 0.3) is 5.91 Å². The number of benzene rings is 1. The standard InChI is InChI=1S/C32H35ClF2N6O2/c1-19(34)29(42)41-13-12-40(17-21(41)8-11-36)28-23-7-10-32(9-6-22-24(32)4-3-5-25(22)33)27(35)26(23)37-30(38-28)43-18-31-14-20(15-31)16-39(31)2/h3-5,20-21,27H,1,6-10,12-18H2,2H3/t20?,21-,27+,31?,32+/m0/s1. The summed E-state index contributed by atoms with van der Waals surface area (Å²) in [7, 11) is 2.11. The number of carbonyl (C=O) groups is 1. The molecule has 1 saturated carbocycles. The Kier molecular flexibility index (Phi) is 6.90. The first-order valence-corrected chi connectivity index (χ1v) is 15.5. The molecule has 0 radical (unpaired) electrons. The van der Waals surface area contributed by atoms with Crippen molar-refractivity contribution in [3.05, 3.63) is 58.0 Å². The number of hydrogen-bond acceptors (Lipinski definition) is 7. The Morgan fingerprint density at radius 2 is 1.98 bits per heavy atom. The van der Waals surface area contributed by atoms with Crippen molar-refractivity contribution in [2.75, 3.05) is 44.7 Å². The Morgan fingerprint density at radius 3 is 2.67 bits per heavy atom. The largest absolute Gasteiger partial charge is 0.461 e. The van der Waals surface area contributed by atoms with Gasteiger partial charge >= 0.3 is 6.01 Å². The smallest absolute Gasteiger partial charge is 0.318 e. The van der Waals surface area contributed by atoms with E-state index in [-0.39, 0.29) is 31.1 Å². The first kappa shape index (κ1) is 28.5. The van der Waals surface area contributed by atoms with Gasteiger partial charge in [-0.3, -0.25) is 9.69 Å². The minimum absolute atomic E-state index is 0.0224. The first-order chi connectivity index (χ1) is 20.7. The van der Waals surface area contributed by atoms with Gasteiger partial charge in [-0.15, -0.1) is 0 Å². The van der Waals surface area contributed by atoms with Crippen LogP contribution in [0, 0.1) is 17.2 Å². The maximum Gasteiger partial charge on any atom is 0.318 e. The molecule has 1 amide bonds. The fraction of sp³-hybridized carbons (Fsp3) is 0.562. The van der Waals surface area contributed by atoms with Crippen molar-refractivity contribution in [2.45, 2.75) is 68.1 Å². The number of rotatable bonds is 6. The Morgan fingerprint density at radius 1 is 1.21 bits per heavy atom. The maximum atomic E-state index is 17.1. The summed E-state index contributed by atoms with van der Waals surface area (Å²) in [5.74, 6) is -0.602. The number of nitrogens with zero attached hydrogens (tertiary/aromatic N) is 6. The molecule has 11 heteroatoms. The molecule has 3 atom stereocenters. The number of anilines is 1. The van der Waals surface area contributed by atoms with Crippen LogP contribution in [0.1, 0.15) is 60.7 Å². The van der Waals surface area contributed by atoms with Crippen molar-refractivity contribution in [2.24, 2.45) is 5.92 Å². The molecule has 2 aromatic rings. The number of hydrogen-bond donors (Lipinski definition) is 0. The maximum absolute atomic E-state index is 17.1. The van der Waals surface area contributed by atoms with Crippen molar-refractivity contribution in [3.63, 3.8) is 0 Å². The molecule has 6 aliphatic rings. The van der Waals surface area contributed by atoms with Crippen LogP contribution in [0.25, 0.3) is 0 Å². The van der Waals surface area contributed by atoms with Crippen LogP contribution < -0.4 is 9.64 Å². The molecule has 0 unspecified atom stereocenters. The fourth-order valence-electron chi connectivity index (χ4n) is 8.48. The molecule has 3 aliphatic heterocycles. The molecule has 1 spiro atoms. The molecule has 8 nitrogen and oxygen atoms in total. The number of amides is 1. The molecule has 43 heavy (non-hydrogen) atoms. The van der Waals surface area contributed by atoms with Crippen LogP contribution in [0.5, 0.6) is 6.01 Å². The number of likely N-dealkylation sites (N-methyl/N-ethyl adjacent to an activating group) is 1. The third-order valence-electron chi connectivity index (χ3n) is 10.8. The van der Waals surface area contributed by atoms with Crippen LogP contribution >= 0.6 is 11.6 Å². The van der Waals surface area contributed by atoms with Gasteiger partial charge in [0.15, 0.2) is 12.0 Å². The van der Waals surface area contributed by atoms with Gasteiger partial charge in [0.1, 0.15) is 12.4 Å². The minimum Gasteiger partial charge on any atom is -0.461 e. The lowest BCUT2D eigenvalue weighted by Crippen LogP contribution is -2.55. The summed E-state index contributed by atoms with van der Waals surface area (Å²) in [5.41, 5.74) is 2.28. The molecule has 2 bridgehead atoms. The van der Waals surface area contributed by atoms with Gasteiger partial charge in [0.2, 0.25) is 0 Å². The minimum atomic E-state index is -1.38. The van der Waals surface area contributed by atoms with Gasteiger partial charge in [-0.1, -0.05) is 30.3 Å². The highest BCUT2D eigenvalue weighted by atomic mass is 35.5. The number of carbonyl (C=O) groups excluding carboxylic acids is 1. The number of piperazine rings is 1. The second-order valence-corrected chi connectivity index (χ2v) is 13.4. The quantitative estimate of drug-likeness (QED) is 0.433. The second kappa shape index (κ2) is 10.4. The molecule has 1 aromatic carbocycles. The van der Waals surface area contributed by atoms with Gasteiger partial charge in [0.05, 0.1) is 29.8 Å². The number of fused-ring (bicyclic) bond motifs is 4. The lowest BCUT2D eigenvalue weighted by Gasteiger charge is -2.43.